The molecule has 5 aliphatic rings. The SMILES string of the molecule is C=C1C2=CC=C(C#CC3CC3)[N+]3=C(SC)N(C)C(=O)C13C1(CCc3ccccc3CC1)C2. The molecule has 1 amide bonds. The Kier molecular flexibility index (Phi) is 4.40. The number of allylic oxidation sites excluding steroid dienone is 3. The third kappa shape index (κ3) is 2.52. The number of aryl methyl sites for hydroxylation is 2. The van der Waals surface area contributed by atoms with Gasteiger partial charge in [0.15, 0.2) is 5.70 Å². The van der Waals surface area contributed by atoms with E-state index in [1.807, 2.05) is 11.9 Å². The summed E-state index contributed by atoms with van der Waals surface area (Å²) in [5, 5.41) is 0.977. The molecule has 1 atom stereocenters. The summed E-state index contributed by atoms with van der Waals surface area (Å²) < 4.78 is 2.30. The number of likely N-dealkylation sites (N-methyl/N-ethyl adjacent to an activating group) is 1. The summed E-state index contributed by atoms with van der Waals surface area (Å²) in [4.78, 5) is 16.2. The van der Waals surface area contributed by atoms with Crippen molar-refractivity contribution in [2.75, 3.05) is 13.3 Å². The van der Waals surface area contributed by atoms with Gasteiger partial charge in [0.1, 0.15) is 0 Å². The Morgan fingerprint density at radius 1 is 1.16 bits per heavy atom. The van der Waals surface area contributed by atoms with Crippen LogP contribution < -0.4 is 0 Å². The molecule has 162 valence electrons. The predicted octanol–water partition coefficient (Wildman–Crippen LogP) is 4.69. The summed E-state index contributed by atoms with van der Waals surface area (Å²) in [6, 6.07) is 8.81. The lowest BCUT2D eigenvalue weighted by Crippen LogP contribution is -2.57. The average Bonchev–Trinajstić information content (AvgIpc) is 3.59. The molecule has 2 bridgehead atoms. The van der Waals surface area contributed by atoms with E-state index in [1.165, 1.54) is 29.5 Å². The third-order valence-electron chi connectivity index (χ3n) is 8.26. The first-order valence-corrected chi connectivity index (χ1v) is 12.9. The molecule has 3 aliphatic carbocycles. The fraction of sp³-hybridized carbons (Fsp3) is 0.429. The maximum absolute atomic E-state index is 14.3. The van der Waals surface area contributed by atoms with E-state index in [2.05, 4.69) is 65.7 Å². The normalized spacial score (nSPS) is 27.9. The summed E-state index contributed by atoms with van der Waals surface area (Å²) in [5.74, 6) is 7.63. The van der Waals surface area contributed by atoms with Crippen LogP contribution in [-0.4, -0.2) is 39.4 Å². The van der Waals surface area contributed by atoms with Gasteiger partial charge in [0.2, 0.25) is 5.54 Å². The van der Waals surface area contributed by atoms with Gasteiger partial charge in [-0.15, -0.1) is 0 Å². The molecular formula is C28H29N2OS+. The van der Waals surface area contributed by atoms with Crippen LogP contribution in [0.1, 0.15) is 43.2 Å². The Labute approximate surface area is 195 Å². The Hall–Kier alpha value is -2.51. The van der Waals surface area contributed by atoms with Gasteiger partial charge < -0.3 is 0 Å². The van der Waals surface area contributed by atoms with Gasteiger partial charge in [-0.3, -0.25) is 0 Å². The van der Waals surface area contributed by atoms with Crippen LogP contribution in [0.25, 0.3) is 0 Å². The molecule has 0 radical (unpaired) electrons. The van der Waals surface area contributed by atoms with Crippen molar-refractivity contribution in [1.29, 1.82) is 0 Å². The number of amidine groups is 1. The standard InChI is InChI=1S/C28H29N2OS/c1-19-23-11-13-24(12-10-20-8-9-20)30-26(32-3)29(2)25(31)28(19,30)27(18-23)16-14-21-6-4-5-7-22(21)15-17-27/h4-7,11,13,20H,1,8-9,14-18H2,2-3H3/q+1. The highest BCUT2D eigenvalue weighted by Crippen LogP contribution is 2.63. The first-order chi connectivity index (χ1) is 15.5. The predicted molar refractivity (Wildman–Crippen MR) is 130 cm³/mol. The zero-order valence-corrected chi connectivity index (χ0v) is 19.7. The largest absolute Gasteiger partial charge is 0.363 e. The summed E-state index contributed by atoms with van der Waals surface area (Å²) in [7, 11) is 1.93. The highest BCUT2D eigenvalue weighted by Gasteiger charge is 2.75. The lowest BCUT2D eigenvalue weighted by molar-refractivity contribution is -0.542. The molecule has 2 spiro atoms. The first kappa shape index (κ1) is 20.1. The topological polar surface area (TPSA) is 23.3 Å². The molecule has 0 N–H and O–H groups in total. The number of hydrogen-bond acceptors (Lipinski definition) is 2. The fourth-order valence-corrected chi connectivity index (χ4v) is 7.26. The van der Waals surface area contributed by atoms with E-state index < -0.39 is 5.54 Å². The highest BCUT2D eigenvalue weighted by molar-refractivity contribution is 8.13. The van der Waals surface area contributed by atoms with E-state index in [4.69, 9.17) is 0 Å². The van der Waals surface area contributed by atoms with E-state index in [-0.39, 0.29) is 11.3 Å². The second-order valence-electron chi connectivity index (χ2n) is 9.89. The van der Waals surface area contributed by atoms with E-state index in [9.17, 15) is 4.79 Å². The summed E-state index contributed by atoms with van der Waals surface area (Å²) >= 11 is 1.64. The van der Waals surface area contributed by atoms with E-state index in [0.717, 1.165) is 48.5 Å². The van der Waals surface area contributed by atoms with Crippen LogP contribution in [0.2, 0.25) is 0 Å². The van der Waals surface area contributed by atoms with Crippen LogP contribution in [-0.2, 0) is 17.6 Å². The molecule has 6 rings (SSSR count). The van der Waals surface area contributed by atoms with E-state index >= 15 is 0 Å². The third-order valence-corrected chi connectivity index (χ3v) is 9.08. The zero-order chi connectivity index (χ0) is 22.1. The van der Waals surface area contributed by atoms with Gasteiger partial charge in [-0.05, 0) is 91.7 Å². The molecule has 2 fully saturated rings. The quantitative estimate of drug-likeness (QED) is 0.431. The number of amides is 1. The molecule has 2 aliphatic heterocycles. The lowest BCUT2D eigenvalue weighted by atomic mass is 9.65. The highest BCUT2D eigenvalue weighted by atomic mass is 32.2. The van der Waals surface area contributed by atoms with E-state index in [0.29, 0.717) is 5.92 Å². The second kappa shape index (κ2) is 6.99. The molecule has 0 aromatic heterocycles. The smallest absolute Gasteiger partial charge is 0.241 e. The van der Waals surface area contributed by atoms with Crippen molar-refractivity contribution in [3.63, 3.8) is 0 Å². The van der Waals surface area contributed by atoms with Gasteiger partial charge in [-0.25, -0.2) is 4.79 Å². The lowest BCUT2D eigenvalue weighted by Gasteiger charge is -2.40. The van der Waals surface area contributed by atoms with Gasteiger partial charge in [0.25, 0.3) is 0 Å². The molecule has 1 aromatic carbocycles. The van der Waals surface area contributed by atoms with Crippen LogP contribution in [0, 0.1) is 23.2 Å². The Bertz CT molecular complexity index is 1190. The van der Waals surface area contributed by atoms with Crippen molar-refractivity contribution in [3.8, 4) is 11.8 Å². The van der Waals surface area contributed by atoms with Crippen LogP contribution >= 0.6 is 11.8 Å². The summed E-state index contributed by atoms with van der Waals surface area (Å²) in [6.07, 6.45) is 13.7. The fourth-order valence-electron chi connectivity index (χ4n) is 6.48. The molecule has 2 heterocycles. The van der Waals surface area contributed by atoms with Gasteiger partial charge >= 0.3 is 11.1 Å². The van der Waals surface area contributed by atoms with Crippen molar-refractivity contribution >= 4 is 22.8 Å². The van der Waals surface area contributed by atoms with E-state index in [1.54, 1.807) is 11.8 Å². The molecule has 2 saturated carbocycles. The second-order valence-corrected chi connectivity index (χ2v) is 10.7. The first-order valence-electron chi connectivity index (χ1n) is 11.7. The molecular weight excluding hydrogens is 412 g/mol. The number of benzene rings is 1. The molecule has 4 heteroatoms. The minimum absolute atomic E-state index is 0.169. The van der Waals surface area contributed by atoms with Crippen LogP contribution in [0.5, 0.6) is 0 Å². The molecule has 1 aromatic rings. The molecule has 0 saturated heterocycles. The Morgan fingerprint density at radius 2 is 1.84 bits per heavy atom. The Morgan fingerprint density at radius 3 is 2.47 bits per heavy atom. The van der Waals surface area contributed by atoms with Crippen molar-refractivity contribution in [2.24, 2.45) is 11.3 Å². The molecule has 1 unspecified atom stereocenters. The average molecular weight is 442 g/mol. The summed E-state index contributed by atoms with van der Waals surface area (Å²) in [6.45, 7) is 4.60. The van der Waals surface area contributed by atoms with Crippen molar-refractivity contribution in [2.45, 2.75) is 50.5 Å². The minimum atomic E-state index is -0.769. The number of hydrogen-bond donors (Lipinski definition) is 0. The van der Waals surface area contributed by atoms with Crippen molar-refractivity contribution in [1.82, 2.24) is 4.90 Å². The van der Waals surface area contributed by atoms with Gasteiger partial charge in [0, 0.05) is 16.9 Å². The molecule has 3 nitrogen and oxygen atoms in total. The Balaban J connectivity index is 1.57. The van der Waals surface area contributed by atoms with Crippen molar-refractivity contribution in [3.05, 3.63) is 71.0 Å². The maximum Gasteiger partial charge on any atom is 0.363 e. The van der Waals surface area contributed by atoms with Crippen LogP contribution in [0.4, 0.5) is 0 Å². The number of carbonyl (C=O) groups excluding carboxylic acids is 1. The number of rotatable bonds is 0. The van der Waals surface area contributed by atoms with Crippen LogP contribution in [0.3, 0.4) is 0 Å². The minimum Gasteiger partial charge on any atom is -0.241 e. The molecule has 32 heavy (non-hydrogen) atoms. The maximum atomic E-state index is 14.3. The number of carbonyl (C=O) groups is 1. The van der Waals surface area contributed by atoms with Gasteiger partial charge in [-0.1, -0.05) is 42.8 Å². The van der Waals surface area contributed by atoms with Crippen molar-refractivity contribution < 1.29 is 9.37 Å². The van der Waals surface area contributed by atoms with Gasteiger partial charge in [0.05, 0.1) is 7.05 Å². The number of thioether (sulfide) groups is 1. The number of fused-ring (bicyclic) bond motifs is 2. The van der Waals surface area contributed by atoms with Crippen LogP contribution in [0.15, 0.2) is 59.8 Å². The zero-order valence-electron chi connectivity index (χ0n) is 18.9. The summed E-state index contributed by atoms with van der Waals surface area (Å²) in [5.41, 5.74) is 5.09. The van der Waals surface area contributed by atoms with Gasteiger partial charge in [-0.2, -0.15) is 9.48 Å². The number of nitrogens with zero attached hydrogens (tertiary/aromatic N) is 2. The monoisotopic (exact) mass is 441 g/mol.